The number of rotatable bonds is 9. The fourth-order valence-electron chi connectivity index (χ4n) is 5.64. The molecule has 1 aromatic heterocycles. The van der Waals surface area contributed by atoms with Gasteiger partial charge in [0.25, 0.3) is 0 Å². The average molecular weight is 541 g/mol. The van der Waals surface area contributed by atoms with E-state index in [0.29, 0.717) is 33.6 Å². The number of aromatic nitrogens is 1. The number of nitrogens with zero attached hydrogens (tertiary/aromatic N) is 2. The number of ether oxygens (including phenoxy) is 1. The van der Waals surface area contributed by atoms with Gasteiger partial charge in [0.15, 0.2) is 0 Å². The third-order valence-corrected chi connectivity index (χ3v) is 8.28. The zero-order valence-corrected chi connectivity index (χ0v) is 21.5. The Bertz CT molecular complexity index is 1330. The predicted molar refractivity (Wildman–Crippen MR) is 139 cm³/mol. The zero-order chi connectivity index (χ0) is 25.7. The minimum atomic E-state index is -0.820. The highest BCUT2D eigenvalue weighted by Crippen LogP contribution is 2.47. The number of fused-ring (bicyclic) bond motifs is 2. The van der Waals surface area contributed by atoms with Crippen LogP contribution in [-0.2, 0) is 27.4 Å². The number of halogens is 2. The van der Waals surface area contributed by atoms with Gasteiger partial charge in [-0.2, -0.15) is 0 Å². The van der Waals surface area contributed by atoms with Crippen molar-refractivity contribution < 1.29 is 24.0 Å². The van der Waals surface area contributed by atoms with Crippen LogP contribution in [0.1, 0.15) is 54.9 Å². The molecule has 3 aromatic rings. The van der Waals surface area contributed by atoms with E-state index in [2.05, 4.69) is 5.16 Å². The number of carbonyl (C=O) groups excluding carboxylic acids is 1. The summed E-state index contributed by atoms with van der Waals surface area (Å²) in [5, 5.41) is 14.2. The average Bonchev–Trinajstić information content (AvgIpc) is 3.38. The number of aliphatic carboxylic acids is 1. The van der Waals surface area contributed by atoms with Gasteiger partial charge in [-0.15, -0.1) is 0 Å². The van der Waals surface area contributed by atoms with Crippen LogP contribution in [0.3, 0.4) is 0 Å². The Morgan fingerprint density at radius 3 is 2.49 bits per heavy atom. The molecule has 2 heterocycles. The number of anilines is 1. The van der Waals surface area contributed by atoms with Gasteiger partial charge in [-0.3, -0.25) is 9.59 Å². The molecule has 37 heavy (non-hydrogen) atoms. The summed E-state index contributed by atoms with van der Waals surface area (Å²) >= 11 is 12.9. The van der Waals surface area contributed by atoms with Crippen molar-refractivity contribution in [2.75, 3.05) is 4.90 Å². The first-order valence-electron chi connectivity index (χ1n) is 12.6. The lowest BCUT2D eigenvalue weighted by molar-refractivity contribution is -0.137. The van der Waals surface area contributed by atoms with Crippen molar-refractivity contribution in [2.24, 2.45) is 5.92 Å². The quantitative estimate of drug-likeness (QED) is 0.344. The Morgan fingerprint density at radius 1 is 1.11 bits per heavy atom. The summed E-state index contributed by atoms with van der Waals surface area (Å²) in [7, 11) is 0. The molecule has 0 radical (unpaired) electrons. The van der Waals surface area contributed by atoms with Crippen LogP contribution in [0.25, 0.3) is 11.3 Å². The van der Waals surface area contributed by atoms with E-state index in [1.54, 1.807) is 18.2 Å². The van der Waals surface area contributed by atoms with Gasteiger partial charge in [-0.05, 0) is 61.9 Å². The summed E-state index contributed by atoms with van der Waals surface area (Å²) in [5.41, 5.74) is 3.90. The molecule has 1 N–H and O–H groups in total. The van der Waals surface area contributed by atoms with Crippen LogP contribution < -0.4 is 4.90 Å². The van der Waals surface area contributed by atoms with Crippen molar-refractivity contribution in [3.8, 4) is 11.3 Å². The van der Waals surface area contributed by atoms with E-state index in [-0.39, 0.29) is 37.0 Å². The summed E-state index contributed by atoms with van der Waals surface area (Å²) in [4.78, 5) is 26.0. The Labute approximate surface area is 224 Å². The number of benzene rings is 2. The lowest BCUT2D eigenvalue weighted by Crippen LogP contribution is -2.43. The molecule has 0 spiro atoms. The van der Waals surface area contributed by atoms with Gasteiger partial charge in [0.2, 0.25) is 5.91 Å². The molecule has 1 saturated heterocycles. The Kier molecular flexibility index (Phi) is 6.47. The molecule has 2 bridgehead atoms. The van der Waals surface area contributed by atoms with Gasteiger partial charge < -0.3 is 19.3 Å². The van der Waals surface area contributed by atoms with E-state index in [0.717, 1.165) is 48.3 Å². The van der Waals surface area contributed by atoms with E-state index in [1.807, 2.05) is 29.2 Å². The number of carbonyl (C=O) groups is 2. The van der Waals surface area contributed by atoms with Crippen molar-refractivity contribution >= 4 is 40.8 Å². The fraction of sp³-hybridized carbons (Fsp3) is 0.393. The summed E-state index contributed by atoms with van der Waals surface area (Å²) in [6, 6.07) is 13.0. The van der Waals surface area contributed by atoms with Gasteiger partial charge in [-0.1, -0.05) is 46.6 Å². The molecule has 1 aliphatic heterocycles. The highest BCUT2D eigenvalue weighted by molar-refractivity contribution is 6.39. The summed E-state index contributed by atoms with van der Waals surface area (Å²) in [6.45, 7) is 0.283. The largest absolute Gasteiger partial charge is 0.481 e. The van der Waals surface area contributed by atoms with Crippen molar-refractivity contribution in [1.82, 2.24) is 5.16 Å². The molecule has 3 fully saturated rings. The SMILES string of the molecule is O=C(O)CCc1ccc(N2C(=O)[C@@H]3C[C@H]2C[C@H]3OCc2c(-c3c(Cl)cccc3Cl)noc2C2CC2)cc1. The fourth-order valence-corrected chi connectivity index (χ4v) is 6.21. The molecular formula is C28H26Cl2N2O5. The van der Waals surface area contributed by atoms with Gasteiger partial charge in [0.05, 0.1) is 28.7 Å². The summed E-state index contributed by atoms with van der Waals surface area (Å²) < 4.78 is 12.1. The van der Waals surface area contributed by atoms with Crippen molar-refractivity contribution in [2.45, 2.75) is 63.2 Å². The maximum atomic E-state index is 13.3. The minimum Gasteiger partial charge on any atom is -0.481 e. The molecule has 192 valence electrons. The van der Waals surface area contributed by atoms with E-state index >= 15 is 0 Å². The third-order valence-electron chi connectivity index (χ3n) is 7.65. The Hall–Kier alpha value is -2.87. The normalized spacial score (nSPS) is 22.7. The number of piperidine rings is 1. The van der Waals surface area contributed by atoms with Gasteiger partial charge in [0.1, 0.15) is 11.5 Å². The Balaban J connectivity index is 1.16. The number of hydrogen-bond acceptors (Lipinski definition) is 5. The van der Waals surface area contributed by atoms with E-state index in [4.69, 9.17) is 37.6 Å². The second kappa shape index (κ2) is 9.78. The number of hydrogen-bond donors (Lipinski definition) is 1. The number of carboxylic acid groups (broad SMARTS) is 1. The first-order valence-corrected chi connectivity index (χ1v) is 13.3. The van der Waals surface area contributed by atoms with Crippen molar-refractivity contribution in [3.05, 3.63) is 69.4 Å². The topological polar surface area (TPSA) is 92.9 Å². The van der Waals surface area contributed by atoms with E-state index in [9.17, 15) is 9.59 Å². The smallest absolute Gasteiger partial charge is 0.303 e. The summed E-state index contributed by atoms with van der Waals surface area (Å²) in [6.07, 6.45) is 3.99. The first-order chi connectivity index (χ1) is 17.9. The molecule has 3 atom stereocenters. The van der Waals surface area contributed by atoms with Crippen LogP contribution in [0.4, 0.5) is 5.69 Å². The molecule has 2 saturated carbocycles. The van der Waals surface area contributed by atoms with Gasteiger partial charge in [-0.25, -0.2) is 0 Å². The highest BCUT2D eigenvalue weighted by Gasteiger charge is 2.52. The molecule has 2 aromatic carbocycles. The third kappa shape index (κ3) is 4.65. The highest BCUT2D eigenvalue weighted by atomic mass is 35.5. The summed E-state index contributed by atoms with van der Waals surface area (Å²) in [5.74, 6) is 0.205. The van der Waals surface area contributed by atoms with Gasteiger partial charge in [0, 0.05) is 35.2 Å². The standard InChI is InChI=1S/C28H26Cl2N2O5/c29-21-2-1-3-22(30)25(21)26-20(27(37-31-26)16-7-8-16)14-36-23-13-18-12-19(23)28(35)32(18)17-9-4-15(5-10-17)6-11-24(33)34/h1-5,9-10,16,18-19,23H,6-8,11-14H2,(H,33,34)/t18-,19+,23+/m0/s1. The van der Waals surface area contributed by atoms with Crippen LogP contribution in [0.2, 0.25) is 10.0 Å². The minimum absolute atomic E-state index is 0.0710. The molecule has 7 nitrogen and oxygen atoms in total. The van der Waals surface area contributed by atoms with E-state index in [1.165, 1.54) is 0 Å². The first kappa shape index (κ1) is 24.5. The lowest BCUT2D eigenvalue weighted by atomic mass is 10.0. The molecule has 1 amide bonds. The van der Waals surface area contributed by atoms with Gasteiger partial charge >= 0.3 is 5.97 Å². The number of aryl methyl sites for hydroxylation is 1. The van der Waals surface area contributed by atoms with Crippen LogP contribution in [-0.4, -0.2) is 34.3 Å². The zero-order valence-electron chi connectivity index (χ0n) is 20.0. The second-order valence-corrected chi connectivity index (χ2v) is 10.9. The molecule has 0 unspecified atom stereocenters. The molecule has 6 rings (SSSR count). The maximum absolute atomic E-state index is 13.3. The van der Waals surface area contributed by atoms with Crippen LogP contribution >= 0.6 is 23.2 Å². The van der Waals surface area contributed by atoms with Crippen molar-refractivity contribution in [1.29, 1.82) is 0 Å². The number of carboxylic acids is 1. The van der Waals surface area contributed by atoms with Crippen LogP contribution in [0.15, 0.2) is 47.0 Å². The lowest BCUT2D eigenvalue weighted by Gasteiger charge is -2.31. The number of amides is 1. The molecule has 9 heteroatoms. The van der Waals surface area contributed by atoms with Crippen LogP contribution in [0.5, 0.6) is 0 Å². The van der Waals surface area contributed by atoms with Crippen molar-refractivity contribution in [3.63, 3.8) is 0 Å². The molecular weight excluding hydrogens is 515 g/mol. The molecule has 3 aliphatic rings. The van der Waals surface area contributed by atoms with E-state index < -0.39 is 5.97 Å². The predicted octanol–water partition coefficient (Wildman–Crippen LogP) is 6.25. The van der Waals surface area contributed by atoms with Crippen LogP contribution in [0, 0.1) is 5.92 Å². The molecule has 2 aliphatic carbocycles. The monoisotopic (exact) mass is 540 g/mol. The maximum Gasteiger partial charge on any atom is 0.303 e. The second-order valence-electron chi connectivity index (χ2n) is 10.1. The Morgan fingerprint density at radius 2 is 1.84 bits per heavy atom.